The largest absolute Gasteiger partial charge is 0.357 e. The van der Waals surface area contributed by atoms with E-state index in [1.165, 1.54) is 17.3 Å². The minimum absolute atomic E-state index is 0.0200. The number of amides is 1. The van der Waals surface area contributed by atoms with Gasteiger partial charge in [0.15, 0.2) is 5.43 Å². The first-order valence-corrected chi connectivity index (χ1v) is 10.2. The summed E-state index contributed by atoms with van der Waals surface area (Å²) in [6.07, 6.45) is 0.979. The fourth-order valence-electron chi connectivity index (χ4n) is 3.11. The number of carbonyl (C=O) groups is 1. The van der Waals surface area contributed by atoms with Gasteiger partial charge in [-0.15, -0.1) is 11.8 Å². The van der Waals surface area contributed by atoms with Crippen LogP contribution in [0.5, 0.6) is 0 Å². The van der Waals surface area contributed by atoms with Crippen molar-refractivity contribution in [3.8, 4) is 0 Å². The maximum absolute atomic E-state index is 12.4. The van der Waals surface area contributed by atoms with Gasteiger partial charge < -0.3 is 10.3 Å². The lowest BCUT2D eigenvalue weighted by atomic mass is 10.1. The fraction of sp³-hybridized carbons (Fsp3) is 0.273. The third-order valence-electron chi connectivity index (χ3n) is 4.47. The van der Waals surface area contributed by atoms with Crippen molar-refractivity contribution < 1.29 is 4.79 Å². The number of carbonyl (C=O) groups excluding carboxylic acids is 1. The van der Waals surface area contributed by atoms with Gasteiger partial charge in [0.25, 0.3) is 0 Å². The van der Waals surface area contributed by atoms with Crippen LogP contribution in [-0.4, -0.2) is 16.6 Å². The number of hydrogen-bond donors (Lipinski definition) is 2. The quantitative estimate of drug-likeness (QED) is 0.658. The number of rotatable bonds is 6. The maximum atomic E-state index is 12.4. The van der Waals surface area contributed by atoms with E-state index in [1.807, 2.05) is 44.2 Å². The van der Waals surface area contributed by atoms with E-state index < -0.39 is 0 Å². The van der Waals surface area contributed by atoms with E-state index in [9.17, 15) is 9.59 Å². The summed E-state index contributed by atoms with van der Waals surface area (Å²) in [5.74, 6) is 0.877. The summed E-state index contributed by atoms with van der Waals surface area (Å²) in [5, 5.41) is 3.62. The molecule has 0 radical (unpaired) electrons. The Morgan fingerprint density at radius 3 is 2.56 bits per heavy atom. The molecule has 0 fully saturated rings. The minimum atomic E-state index is -0.0424. The Hall–Kier alpha value is -2.53. The van der Waals surface area contributed by atoms with E-state index in [4.69, 9.17) is 0 Å². The zero-order valence-electron chi connectivity index (χ0n) is 15.9. The summed E-state index contributed by atoms with van der Waals surface area (Å²) in [4.78, 5) is 27.9. The van der Waals surface area contributed by atoms with Crippen LogP contribution >= 0.6 is 11.8 Å². The van der Waals surface area contributed by atoms with Crippen molar-refractivity contribution in [2.45, 2.75) is 32.9 Å². The molecule has 0 aliphatic rings. The number of aromatic nitrogens is 1. The molecule has 1 amide bonds. The molecule has 1 heterocycles. The van der Waals surface area contributed by atoms with Crippen LogP contribution in [0.4, 0.5) is 5.69 Å². The van der Waals surface area contributed by atoms with Gasteiger partial charge in [-0.3, -0.25) is 9.59 Å². The summed E-state index contributed by atoms with van der Waals surface area (Å²) in [7, 11) is 0. The first kappa shape index (κ1) is 19.2. The van der Waals surface area contributed by atoms with E-state index in [1.54, 1.807) is 6.07 Å². The molecule has 0 saturated heterocycles. The number of benzene rings is 2. The smallest absolute Gasteiger partial charge is 0.234 e. The average Bonchev–Trinajstić information content (AvgIpc) is 2.63. The van der Waals surface area contributed by atoms with Gasteiger partial charge in [-0.25, -0.2) is 0 Å². The van der Waals surface area contributed by atoms with E-state index in [-0.39, 0.29) is 11.3 Å². The molecule has 2 aromatic carbocycles. The molecule has 140 valence electrons. The molecule has 5 heteroatoms. The monoisotopic (exact) mass is 380 g/mol. The van der Waals surface area contributed by atoms with Gasteiger partial charge in [0.1, 0.15) is 0 Å². The Morgan fingerprint density at radius 2 is 1.85 bits per heavy atom. The highest BCUT2D eigenvalue weighted by Crippen LogP contribution is 2.18. The summed E-state index contributed by atoms with van der Waals surface area (Å²) in [5.41, 5.74) is 5.93. The second-order valence-corrected chi connectivity index (χ2v) is 7.74. The van der Waals surface area contributed by atoms with Gasteiger partial charge in [-0.1, -0.05) is 25.1 Å². The predicted molar refractivity (Wildman–Crippen MR) is 115 cm³/mol. The Balaban J connectivity index is 1.61. The second-order valence-electron chi connectivity index (χ2n) is 6.75. The third kappa shape index (κ3) is 4.80. The van der Waals surface area contributed by atoms with Gasteiger partial charge in [0.05, 0.1) is 11.3 Å². The number of pyridine rings is 1. The Labute approximate surface area is 163 Å². The molecule has 0 saturated carbocycles. The number of anilines is 1. The van der Waals surface area contributed by atoms with Crippen LogP contribution in [-0.2, 0) is 17.0 Å². The van der Waals surface area contributed by atoms with E-state index in [0.29, 0.717) is 11.5 Å². The number of H-pyrrole nitrogens is 1. The van der Waals surface area contributed by atoms with Gasteiger partial charge in [0, 0.05) is 28.6 Å². The number of hydrogen-bond acceptors (Lipinski definition) is 3. The molecular weight excluding hydrogens is 356 g/mol. The minimum Gasteiger partial charge on any atom is -0.357 e. The first-order chi connectivity index (χ1) is 13.0. The predicted octanol–water partition coefficient (Wildman–Crippen LogP) is 4.58. The van der Waals surface area contributed by atoms with Crippen molar-refractivity contribution in [1.82, 2.24) is 4.98 Å². The topological polar surface area (TPSA) is 62.0 Å². The van der Waals surface area contributed by atoms with E-state index >= 15 is 0 Å². The lowest BCUT2D eigenvalue weighted by Gasteiger charge is -2.08. The number of thioether (sulfide) groups is 1. The molecule has 2 N–H and O–H groups in total. The Morgan fingerprint density at radius 1 is 1.11 bits per heavy atom. The zero-order chi connectivity index (χ0) is 19.4. The van der Waals surface area contributed by atoms with Gasteiger partial charge in [0.2, 0.25) is 5.91 Å². The molecule has 3 rings (SSSR count). The van der Waals surface area contributed by atoms with Crippen LogP contribution in [0, 0.1) is 13.8 Å². The van der Waals surface area contributed by atoms with Crippen LogP contribution in [0.15, 0.2) is 47.3 Å². The maximum Gasteiger partial charge on any atom is 0.234 e. The average molecular weight is 381 g/mol. The molecule has 0 aliphatic carbocycles. The highest BCUT2D eigenvalue weighted by Gasteiger charge is 2.08. The molecule has 27 heavy (non-hydrogen) atoms. The Bertz CT molecular complexity index is 1020. The zero-order valence-corrected chi connectivity index (χ0v) is 16.7. The summed E-state index contributed by atoms with van der Waals surface area (Å²) in [6.45, 7) is 6.09. The molecule has 0 atom stereocenters. The molecule has 0 bridgehead atoms. The molecular formula is C22H24N2O2S. The van der Waals surface area contributed by atoms with Gasteiger partial charge in [-0.2, -0.15) is 0 Å². The van der Waals surface area contributed by atoms with Crippen molar-refractivity contribution in [3.05, 3.63) is 75.1 Å². The molecule has 3 aromatic rings. The van der Waals surface area contributed by atoms with Crippen LogP contribution in [0.2, 0.25) is 0 Å². The number of fused-ring (bicyclic) bond motifs is 1. The van der Waals surface area contributed by atoms with E-state index in [2.05, 4.69) is 23.3 Å². The molecule has 1 aromatic heterocycles. The standard InChI is InChI=1S/C22H24N2O2S/c1-4-16-5-7-17(8-6-16)23-21(26)13-27-12-18-11-20(25)19-10-14(2)9-15(3)22(19)24-18/h5-11H,4,12-13H2,1-3H3,(H,23,26)(H,24,25). The molecule has 0 unspecified atom stereocenters. The summed E-state index contributed by atoms with van der Waals surface area (Å²) >= 11 is 1.49. The number of aromatic amines is 1. The van der Waals surface area contributed by atoms with Crippen LogP contribution < -0.4 is 10.7 Å². The van der Waals surface area contributed by atoms with Crippen molar-refractivity contribution in [2.75, 3.05) is 11.1 Å². The first-order valence-electron chi connectivity index (χ1n) is 9.06. The summed E-state index contributed by atoms with van der Waals surface area (Å²) in [6, 6.07) is 13.5. The normalized spacial score (nSPS) is 10.9. The summed E-state index contributed by atoms with van der Waals surface area (Å²) < 4.78 is 0. The number of nitrogens with one attached hydrogen (secondary N) is 2. The molecule has 0 spiro atoms. The van der Waals surface area contributed by atoms with Gasteiger partial charge >= 0.3 is 0 Å². The molecule has 0 aliphatic heterocycles. The highest BCUT2D eigenvalue weighted by molar-refractivity contribution is 7.99. The third-order valence-corrected chi connectivity index (χ3v) is 5.45. The van der Waals surface area contributed by atoms with E-state index in [0.717, 1.165) is 39.8 Å². The second kappa shape index (κ2) is 8.44. The van der Waals surface area contributed by atoms with Crippen LogP contribution in [0.1, 0.15) is 29.3 Å². The Kier molecular flexibility index (Phi) is 6.01. The number of aryl methyl sites for hydroxylation is 3. The fourth-order valence-corrected chi connectivity index (χ4v) is 3.85. The van der Waals surface area contributed by atoms with Crippen molar-refractivity contribution >= 4 is 34.3 Å². The lowest BCUT2D eigenvalue weighted by Crippen LogP contribution is -2.14. The van der Waals surface area contributed by atoms with Crippen molar-refractivity contribution in [1.29, 1.82) is 0 Å². The highest BCUT2D eigenvalue weighted by atomic mass is 32.2. The van der Waals surface area contributed by atoms with Gasteiger partial charge in [-0.05, 0) is 55.2 Å². The SMILES string of the molecule is CCc1ccc(NC(=O)CSCc2cc(=O)c3cc(C)cc(C)c3[nH]2)cc1. The van der Waals surface area contributed by atoms with Crippen molar-refractivity contribution in [3.63, 3.8) is 0 Å². The lowest BCUT2D eigenvalue weighted by molar-refractivity contribution is -0.113. The van der Waals surface area contributed by atoms with Crippen LogP contribution in [0.3, 0.4) is 0 Å². The van der Waals surface area contributed by atoms with Crippen molar-refractivity contribution in [2.24, 2.45) is 0 Å². The molecule has 4 nitrogen and oxygen atoms in total. The van der Waals surface area contributed by atoms with Crippen LogP contribution in [0.25, 0.3) is 10.9 Å².